The first-order valence-electron chi connectivity index (χ1n) is 6.86. The van der Waals surface area contributed by atoms with Crippen LogP contribution in [-0.2, 0) is 14.8 Å². The van der Waals surface area contributed by atoms with E-state index in [1.165, 1.54) is 18.2 Å². The van der Waals surface area contributed by atoms with Crippen LogP contribution >= 0.6 is 0 Å². The third kappa shape index (κ3) is 3.81. The molecule has 1 fully saturated rings. The summed E-state index contributed by atoms with van der Waals surface area (Å²) < 4.78 is 27.9. The molecule has 0 bridgehead atoms. The Kier molecular flexibility index (Phi) is 4.97. The number of piperidine rings is 1. The van der Waals surface area contributed by atoms with Gasteiger partial charge in [-0.25, -0.2) is 13.6 Å². The Bertz CT molecular complexity index is 613. The number of methoxy groups -OCH3 is 1. The molecule has 116 valence electrons. The van der Waals surface area contributed by atoms with Crippen molar-refractivity contribution in [3.63, 3.8) is 0 Å². The summed E-state index contributed by atoms with van der Waals surface area (Å²) in [6.07, 6.45) is 2.91. The number of carbonyl (C=O) groups is 1. The summed E-state index contributed by atoms with van der Waals surface area (Å²) in [6.45, 7) is 1.15. The average Bonchev–Trinajstić information content (AvgIpc) is 2.47. The number of benzene rings is 1. The highest BCUT2D eigenvalue weighted by Crippen LogP contribution is 2.21. The van der Waals surface area contributed by atoms with Crippen molar-refractivity contribution >= 4 is 15.9 Å². The SMILES string of the molecule is COCC1CCCCN1C(=O)c1cccc(S(N)(=O)=O)c1. The monoisotopic (exact) mass is 312 g/mol. The van der Waals surface area contributed by atoms with Crippen LogP contribution in [0.5, 0.6) is 0 Å². The molecule has 1 amide bonds. The molecule has 6 nitrogen and oxygen atoms in total. The summed E-state index contributed by atoms with van der Waals surface area (Å²) in [6, 6.07) is 5.89. The average molecular weight is 312 g/mol. The smallest absolute Gasteiger partial charge is 0.254 e. The maximum absolute atomic E-state index is 12.6. The van der Waals surface area contributed by atoms with Crippen molar-refractivity contribution in [2.75, 3.05) is 20.3 Å². The topological polar surface area (TPSA) is 89.7 Å². The Labute approximate surface area is 124 Å². The Morgan fingerprint density at radius 3 is 2.86 bits per heavy atom. The van der Waals surface area contributed by atoms with Gasteiger partial charge < -0.3 is 9.64 Å². The van der Waals surface area contributed by atoms with Crippen LogP contribution < -0.4 is 5.14 Å². The van der Waals surface area contributed by atoms with E-state index in [-0.39, 0.29) is 16.8 Å². The van der Waals surface area contributed by atoms with Crippen LogP contribution in [0.1, 0.15) is 29.6 Å². The molecule has 2 rings (SSSR count). The Morgan fingerprint density at radius 2 is 2.19 bits per heavy atom. The molecule has 1 saturated heterocycles. The highest BCUT2D eigenvalue weighted by molar-refractivity contribution is 7.89. The van der Waals surface area contributed by atoms with Crippen molar-refractivity contribution in [2.45, 2.75) is 30.2 Å². The fourth-order valence-electron chi connectivity index (χ4n) is 2.61. The zero-order valence-electron chi connectivity index (χ0n) is 12.0. The lowest BCUT2D eigenvalue weighted by Gasteiger charge is -2.35. The maximum Gasteiger partial charge on any atom is 0.254 e. The van der Waals surface area contributed by atoms with Crippen LogP contribution in [-0.4, -0.2) is 45.5 Å². The van der Waals surface area contributed by atoms with Crippen LogP contribution in [0.3, 0.4) is 0 Å². The van der Waals surface area contributed by atoms with Gasteiger partial charge in [0.2, 0.25) is 10.0 Å². The summed E-state index contributed by atoms with van der Waals surface area (Å²) in [5.74, 6) is -0.178. The van der Waals surface area contributed by atoms with Gasteiger partial charge in [0.1, 0.15) is 0 Å². The molecule has 0 aliphatic carbocycles. The molecule has 1 aromatic carbocycles. The molecule has 0 saturated carbocycles. The predicted octanol–water partition coefficient (Wildman–Crippen LogP) is 0.975. The second-order valence-corrected chi connectivity index (χ2v) is 6.74. The van der Waals surface area contributed by atoms with Crippen LogP contribution in [0.15, 0.2) is 29.2 Å². The first-order chi connectivity index (χ1) is 9.93. The van der Waals surface area contributed by atoms with Crippen molar-refractivity contribution in [3.8, 4) is 0 Å². The number of hydrogen-bond donors (Lipinski definition) is 1. The second kappa shape index (κ2) is 6.55. The van der Waals surface area contributed by atoms with E-state index in [1.807, 2.05) is 0 Å². The van der Waals surface area contributed by atoms with Gasteiger partial charge in [-0.1, -0.05) is 6.07 Å². The summed E-state index contributed by atoms with van der Waals surface area (Å²) in [7, 11) is -2.20. The summed E-state index contributed by atoms with van der Waals surface area (Å²) >= 11 is 0. The molecule has 1 unspecified atom stereocenters. The number of hydrogen-bond acceptors (Lipinski definition) is 4. The van der Waals surface area contributed by atoms with Gasteiger partial charge >= 0.3 is 0 Å². The summed E-state index contributed by atoms with van der Waals surface area (Å²) in [4.78, 5) is 14.3. The van der Waals surface area contributed by atoms with Crippen molar-refractivity contribution < 1.29 is 17.9 Å². The van der Waals surface area contributed by atoms with E-state index in [0.29, 0.717) is 18.7 Å². The standard InChI is InChI=1S/C14H20N2O4S/c1-20-10-12-6-2-3-8-16(12)14(17)11-5-4-7-13(9-11)21(15,18)19/h4-5,7,9,12H,2-3,6,8,10H2,1H3,(H2,15,18,19). The van der Waals surface area contributed by atoms with Gasteiger partial charge in [0, 0.05) is 19.2 Å². The van der Waals surface area contributed by atoms with Crippen molar-refractivity contribution in [1.82, 2.24) is 4.90 Å². The van der Waals surface area contributed by atoms with Gasteiger partial charge in [0.05, 0.1) is 17.5 Å². The van der Waals surface area contributed by atoms with Gasteiger partial charge in [-0.3, -0.25) is 4.79 Å². The lowest BCUT2D eigenvalue weighted by atomic mass is 10.0. The third-order valence-corrected chi connectivity index (χ3v) is 4.57. The number of rotatable bonds is 4. The lowest BCUT2D eigenvalue weighted by Crippen LogP contribution is -2.46. The molecule has 2 N–H and O–H groups in total. The van der Waals surface area contributed by atoms with Gasteiger partial charge in [-0.15, -0.1) is 0 Å². The van der Waals surface area contributed by atoms with E-state index in [9.17, 15) is 13.2 Å². The van der Waals surface area contributed by atoms with Gasteiger partial charge in [-0.05, 0) is 37.5 Å². The minimum Gasteiger partial charge on any atom is -0.383 e. The number of sulfonamides is 1. The number of amides is 1. The molecule has 21 heavy (non-hydrogen) atoms. The second-order valence-electron chi connectivity index (χ2n) is 5.18. The highest BCUT2D eigenvalue weighted by atomic mass is 32.2. The van der Waals surface area contributed by atoms with E-state index >= 15 is 0 Å². The molecular weight excluding hydrogens is 292 g/mol. The van der Waals surface area contributed by atoms with E-state index in [0.717, 1.165) is 19.3 Å². The minimum absolute atomic E-state index is 0.0365. The molecule has 1 aliphatic heterocycles. The minimum atomic E-state index is -3.81. The van der Waals surface area contributed by atoms with E-state index < -0.39 is 10.0 Å². The molecule has 0 radical (unpaired) electrons. The number of ether oxygens (including phenoxy) is 1. The Hall–Kier alpha value is -1.44. The fraction of sp³-hybridized carbons (Fsp3) is 0.500. The fourth-order valence-corrected chi connectivity index (χ4v) is 3.16. The van der Waals surface area contributed by atoms with E-state index in [4.69, 9.17) is 9.88 Å². The molecule has 1 aromatic rings. The zero-order chi connectivity index (χ0) is 15.5. The zero-order valence-corrected chi connectivity index (χ0v) is 12.8. The van der Waals surface area contributed by atoms with Crippen LogP contribution in [0, 0.1) is 0 Å². The van der Waals surface area contributed by atoms with E-state index in [2.05, 4.69) is 0 Å². The Balaban J connectivity index is 2.26. The number of carbonyl (C=O) groups excluding carboxylic acids is 1. The molecular formula is C14H20N2O4S. The number of likely N-dealkylation sites (tertiary alicyclic amines) is 1. The highest BCUT2D eigenvalue weighted by Gasteiger charge is 2.27. The third-order valence-electron chi connectivity index (χ3n) is 3.66. The first-order valence-corrected chi connectivity index (χ1v) is 8.41. The largest absolute Gasteiger partial charge is 0.383 e. The number of nitrogens with zero attached hydrogens (tertiary/aromatic N) is 1. The van der Waals surface area contributed by atoms with E-state index in [1.54, 1.807) is 18.1 Å². The normalized spacial score (nSPS) is 19.5. The van der Waals surface area contributed by atoms with Gasteiger partial charge in [0.15, 0.2) is 0 Å². The molecule has 1 atom stereocenters. The van der Waals surface area contributed by atoms with Crippen molar-refractivity contribution in [1.29, 1.82) is 0 Å². The quantitative estimate of drug-likeness (QED) is 0.897. The summed E-state index contributed by atoms with van der Waals surface area (Å²) in [5.41, 5.74) is 0.338. The molecule has 1 heterocycles. The van der Waals surface area contributed by atoms with Crippen molar-refractivity contribution in [2.24, 2.45) is 5.14 Å². The number of nitrogens with two attached hydrogens (primary N) is 1. The van der Waals surface area contributed by atoms with Crippen LogP contribution in [0.4, 0.5) is 0 Å². The first kappa shape index (κ1) is 15.9. The predicted molar refractivity (Wildman–Crippen MR) is 78.4 cm³/mol. The van der Waals surface area contributed by atoms with Gasteiger partial charge in [-0.2, -0.15) is 0 Å². The maximum atomic E-state index is 12.6. The van der Waals surface area contributed by atoms with Gasteiger partial charge in [0.25, 0.3) is 5.91 Å². The number of primary sulfonamides is 1. The molecule has 0 aromatic heterocycles. The Morgan fingerprint density at radius 1 is 1.43 bits per heavy atom. The lowest BCUT2D eigenvalue weighted by molar-refractivity contribution is 0.0428. The molecule has 0 spiro atoms. The van der Waals surface area contributed by atoms with Crippen LogP contribution in [0.2, 0.25) is 0 Å². The van der Waals surface area contributed by atoms with Crippen LogP contribution in [0.25, 0.3) is 0 Å². The van der Waals surface area contributed by atoms with Crippen molar-refractivity contribution in [3.05, 3.63) is 29.8 Å². The molecule has 7 heteroatoms. The molecule has 1 aliphatic rings. The summed E-state index contributed by atoms with van der Waals surface area (Å²) in [5, 5.41) is 5.11.